The van der Waals surface area contributed by atoms with Crippen molar-refractivity contribution in [1.82, 2.24) is 99.0 Å². The molecule has 0 bridgehead atoms. The number of hydrogen-bond acceptors (Lipinski definition) is 27. The average Bonchev–Trinajstić information content (AvgIpc) is 1.56. The highest BCUT2D eigenvalue weighted by atomic mass is 19.3. The summed E-state index contributed by atoms with van der Waals surface area (Å²) in [5.74, 6) is 7.48. The normalized spacial score (nSPS) is 10.5. The average molecular weight is 1520 g/mol. The Balaban J connectivity index is 0.000000215. The summed E-state index contributed by atoms with van der Waals surface area (Å²) in [6.45, 7) is 12.1. The lowest BCUT2D eigenvalue weighted by Gasteiger charge is -2.13. The Labute approximate surface area is 624 Å². The van der Waals surface area contributed by atoms with Crippen LogP contribution >= 0.6 is 0 Å². The molecule has 0 fully saturated rings. The number of tetrazole rings is 5. The van der Waals surface area contributed by atoms with E-state index in [1.807, 2.05) is 41.5 Å². The Bertz CT molecular complexity index is 5160. The van der Waals surface area contributed by atoms with Gasteiger partial charge in [-0.05, 0) is 182 Å². The Morgan fingerprint density at radius 3 is 0.773 bits per heavy atom. The number of benzene rings is 5. The molecule has 5 aromatic carbocycles. The molecule has 0 aliphatic carbocycles. The van der Waals surface area contributed by atoms with Crippen molar-refractivity contribution in [3.63, 3.8) is 0 Å². The van der Waals surface area contributed by atoms with Crippen LogP contribution in [0.3, 0.4) is 0 Å². The number of alkyl halides is 4. The molecule has 0 saturated heterocycles. The fourth-order valence-corrected chi connectivity index (χ4v) is 8.89. The molecule has 0 radical (unpaired) electrons. The number of rotatable bonds is 25. The largest absolute Gasteiger partial charge is 0.434 e. The minimum absolute atomic E-state index is 0.126. The fraction of sp³-hybridized carbons (Fsp3) is 0.333. The quantitative estimate of drug-likeness (QED) is 0.0277. The number of aryl methyl sites for hydroxylation is 5. The van der Waals surface area contributed by atoms with Crippen LogP contribution in [0.1, 0.15) is 120 Å². The van der Waals surface area contributed by atoms with Gasteiger partial charge in [-0.3, -0.25) is 0 Å². The van der Waals surface area contributed by atoms with E-state index >= 15 is 0 Å². The summed E-state index contributed by atoms with van der Waals surface area (Å²) < 4.78 is 70.2. The summed E-state index contributed by atoms with van der Waals surface area (Å²) in [6, 6.07) is 24.5. The molecule has 0 saturated carbocycles. The van der Waals surface area contributed by atoms with Crippen molar-refractivity contribution < 1.29 is 51.2 Å². The molecule has 0 N–H and O–H groups in total. The van der Waals surface area contributed by atoms with Crippen molar-refractivity contribution in [2.45, 2.75) is 122 Å². The second-order valence-electron chi connectivity index (χ2n) is 23.3. The Morgan fingerprint density at radius 2 is 0.573 bits per heavy atom. The van der Waals surface area contributed by atoms with Crippen LogP contribution in [-0.4, -0.2) is 141 Å². The molecule has 0 atom stereocenters. The van der Waals surface area contributed by atoms with Crippen LogP contribution in [0, 0.1) is 37.0 Å². The molecule has 0 unspecified atom stereocenters. The van der Waals surface area contributed by atoms with Crippen LogP contribution in [0.15, 0.2) is 141 Å². The van der Waals surface area contributed by atoms with E-state index in [1.54, 1.807) is 82.3 Å². The van der Waals surface area contributed by atoms with Gasteiger partial charge in [0.2, 0.25) is 0 Å². The Hall–Kier alpha value is -14.2. The third kappa shape index (κ3) is 23.1. The van der Waals surface area contributed by atoms with E-state index in [4.69, 9.17) is 43.5 Å². The lowest BCUT2D eigenvalue weighted by atomic mass is 10.1. The van der Waals surface area contributed by atoms with Crippen molar-refractivity contribution in [1.29, 1.82) is 0 Å². The second kappa shape index (κ2) is 40.9. The highest BCUT2D eigenvalue weighted by Crippen LogP contribution is 2.29. The monoisotopic (exact) mass is 1520 g/mol. The van der Waals surface area contributed by atoms with Crippen LogP contribution in [0.2, 0.25) is 0 Å². The minimum atomic E-state index is -3.01. The van der Waals surface area contributed by atoms with Crippen molar-refractivity contribution in [2.75, 3.05) is 0 Å². The number of halogens is 4. The van der Waals surface area contributed by atoms with Crippen molar-refractivity contribution in [3.05, 3.63) is 188 Å². The number of terminal acetylenes is 3. The molecule has 578 valence electrons. The molecule has 0 spiro atoms. The predicted molar refractivity (Wildman–Crippen MR) is 393 cm³/mol. The second-order valence-corrected chi connectivity index (χ2v) is 23.3. The van der Waals surface area contributed by atoms with E-state index in [9.17, 15) is 41.5 Å². The molecule has 10 rings (SSSR count). The third-order valence-electron chi connectivity index (χ3n) is 14.1. The van der Waals surface area contributed by atoms with E-state index < -0.39 is 24.6 Å². The van der Waals surface area contributed by atoms with Gasteiger partial charge in [-0.1, -0.05) is 80.8 Å². The van der Waals surface area contributed by atoms with E-state index in [0.29, 0.717) is 61.9 Å². The third-order valence-corrected chi connectivity index (χ3v) is 14.1. The minimum Gasteiger partial charge on any atom is -0.434 e. The van der Waals surface area contributed by atoms with E-state index in [1.165, 1.54) is 85.7 Å². The first-order valence-corrected chi connectivity index (χ1v) is 32.5. The number of aromatic nitrogens is 20. The zero-order valence-electron chi connectivity index (χ0n) is 62.4. The van der Waals surface area contributed by atoms with Gasteiger partial charge in [0.1, 0.15) is 44.5 Å². The van der Waals surface area contributed by atoms with Gasteiger partial charge in [0.15, 0.2) is 0 Å². The van der Waals surface area contributed by atoms with Gasteiger partial charge < -0.3 is 33.7 Å². The first-order chi connectivity index (χ1) is 52.5. The molecule has 5 aromatic heterocycles. The molecule has 41 heteroatoms. The lowest BCUT2D eigenvalue weighted by molar-refractivity contribution is -0.0520. The topological polar surface area (TPSA) is 390 Å². The standard InChI is InChI=1S/C15H17N5O2.2C14H15N5O2.2C13H15F2N5O3/c1-5-11(3)16-22-10-13-12(6-2)8-7-9-14(13)20-15(21)19(4)17-18-20;2*1-5-11-7-6-8-13(12(11)9-21-15-10(2)3)19-14(20)18(4)16-17-19;2*1-8(2)16-22-7-9-10(20-13(21)19(3)17-18-20)5-4-6-11(9)23-12(14)15/h2,7-9H,5,10H2,1,3-4H3;2*1,6-8H,9H2,2-4H3;2*4-6,12H,7H2,1-3H3. The SMILES string of the molecule is C#Cc1cccc(-n2nnn(C)c2=O)c1CON=C(C)C.C#Cc1cccc(-n2nnn(C)c2=O)c1CON=C(C)C.C#Cc1cccc(-n2nnn(C)c2=O)c1CON=C(C)CC.CC(C)=NOCc1c(OC(F)F)cccc1-n1nnn(C)c1=O.CC(C)=NOCc1c(OC(F)F)cccc1-n1nnn(C)c1=O. The van der Waals surface area contributed by atoms with Gasteiger partial charge in [-0.15, -0.1) is 19.3 Å². The van der Waals surface area contributed by atoms with Crippen LogP contribution in [-0.2, 0) is 92.5 Å². The molecule has 10 aromatic rings. The van der Waals surface area contributed by atoms with Crippen molar-refractivity contribution in [3.8, 4) is 77.0 Å². The maximum atomic E-state index is 12.6. The van der Waals surface area contributed by atoms with Crippen LogP contribution < -0.4 is 37.9 Å². The van der Waals surface area contributed by atoms with E-state index in [-0.39, 0.29) is 84.1 Å². The maximum Gasteiger partial charge on any atom is 0.387 e. The van der Waals surface area contributed by atoms with Crippen LogP contribution in [0.25, 0.3) is 28.4 Å². The summed E-state index contributed by atoms with van der Waals surface area (Å²) in [5, 5.41) is 56.4. The summed E-state index contributed by atoms with van der Waals surface area (Å²) in [7, 11) is 7.43. The first kappa shape index (κ1) is 84.7. The molecular formula is C69H77F4N25O12. The summed E-state index contributed by atoms with van der Waals surface area (Å²) >= 11 is 0. The van der Waals surface area contributed by atoms with Crippen molar-refractivity contribution in [2.24, 2.45) is 61.0 Å². The highest BCUT2D eigenvalue weighted by Gasteiger charge is 2.22. The van der Waals surface area contributed by atoms with Gasteiger partial charge in [0.05, 0.1) is 68.1 Å². The van der Waals surface area contributed by atoms with Gasteiger partial charge in [-0.25, -0.2) is 24.0 Å². The maximum absolute atomic E-state index is 12.6. The molecule has 5 heterocycles. The molecule has 0 aliphatic rings. The summed E-state index contributed by atoms with van der Waals surface area (Å²) in [6.07, 6.45) is 17.3. The molecule has 0 aliphatic heterocycles. The van der Waals surface area contributed by atoms with Gasteiger partial charge in [0.25, 0.3) is 0 Å². The fourth-order valence-electron chi connectivity index (χ4n) is 8.89. The number of oxime groups is 5. The number of hydrogen-bond donors (Lipinski definition) is 0. The Kier molecular flexibility index (Phi) is 31.5. The molecule has 110 heavy (non-hydrogen) atoms. The van der Waals surface area contributed by atoms with Crippen LogP contribution in [0.4, 0.5) is 17.6 Å². The number of nitrogens with zero attached hydrogens (tertiary/aromatic N) is 25. The number of ether oxygens (including phenoxy) is 2. The Morgan fingerprint density at radius 1 is 0.355 bits per heavy atom. The van der Waals surface area contributed by atoms with Crippen molar-refractivity contribution >= 4 is 28.6 Å². The zero-order valence-corrected chi connectivity index (χ0v) is 62.4. The summed E-state index contributed by atoms with van der Waals surface area (Å²) in [5.41, 5.74) is 7.92. The van der Waals surface area contributed by atoms with Crippen LogP contribution in [0.5, 0.6) is 11.5 Å². The van der Waals surface area contributed by atoms with Gasteiger partial charge >= 0.3 is 41.7 Å². The van der Waals surface area contributed by atoms with Gasteiger partial charge in [0, 0.05) is 68.6 Å². The smallest absolute Gasteiger partial charge is 0.387 e. The highest BCUT2D eigenvalue weighted by molar-refractivity contribution is 5.81. The first-order valence-electron chi connectivity index (χ1n) is 32.5. The summed E-state index contributed by atoms with van der Waals surface area (Å²) in [4.78, 5) is 86.0. The van der Waals surface area contributed by atoms with E-state index in [2.05, 4.69) is 105 Å². The van der Waals surface area contributed by atoms with Gasteiger partial charge in [-0.2, -0.15) is 64.4 Å². The molecule has 0 amide bonds. The van der Waals surface area contributed by atoms with E-state index in [0.717, 1.165) is 56.3 Å². The molecular weight excluding hydrogens is 1450 g/mol. The molecule has 37 nitrogen and oxygen atoms in total. The zero-order chi connectivity index (χ0) is 80.9. The lowest BCUT2D eigenvalue weighted by Crippen LogP contribution is -2.23. The predicted octanol–water partition coefficient (Wildman–Crippen LogP) is 5.93.